The highest BCUT2D eigenvalue weighted by Crippen LogP contribution is 2.54. The fourth-order valence-corrected chi connectivity index (χ4v) is 16.4. The zero-order valence-electron chi connectivity index (χ0n) is 17.7. The van der Waals surface area contributed by atoms with Crippen LogP contribution in [0.25, 0.3) is 6.08 Å². The molecular formula is C21H39NSi2. The molecule has 3 heteroatoms. The van der Waals surface area contributed by atoms with Crippen LogP contribution in [0.3, 0.4) is 0 Å². The van der Waals surface area contributed by atoms with E-state index >= 15 is 0 Å². The van der Waals surface area contributed by atoms with Gasteiger partial charge in [0.2, 0.25) is 0 Å². The van der Waals surface area contributed by atoms with Gasteiger partial charge in [-0.05, 0) is 21.2 Å². The SMILES string of the molecule is C=Cc1ccccc1CN([Si](C)(C)C)[Si](C)(C(C)(C)C)C(C)(C)C. The van der Waals surface area contributed by atoms with Crippen LogP contribution in [0.1, 0.15) is 52.7 Å². The Morgan fingerprint density at radius 3 is 1.75 bits per heavy atom. The zero-order valence-corrected chi connectivity index (χ0v) is 19.7. The molecule has 1 aromatic carbocycles. The Bertz CT molecular complexity index is 557. The third-order valence-corrected chi connectivity index (χ3v) is 18.1. The molecule has 136 valence electrons. The first-order valence-corrected chi connectivity index (χ1v) is 15.0. The van der Waals surface area contributed by atoms with Gasteiger partial charge in [-0.15, -0.1) is 0 Å². The van der Waals surface area contributed by atoms with E-state index < -0.39 is 16.5 Å². The Morgan fingerprint density at radius 1 is 0.917 bits per heavy atom. The number of nitrogens with zero attached hydrogens (tertiary/aromatic N) is 1. The molecule has 24 heavy (non-hydrogen) atoms. The fourth-order valence-electron chi connectivity index (χ4n) is 4.05. The van der Waals surface area contributed by atoms with Crippen LogP contribution in [-0.4, -0.2) is 20.7 Å². The summed E-state index contributed by atoms with van der Waals surface area (Å²) in [5.41, 5.74) is 2.70. The van der Waals surface area contributed by atoms with Gasteiger partial charge in [-0.25, -0.2) is 0 Å². The smallest absolute Gasteiger partial charge is 0.129 e. The van der Waals surface area contributed by atoms with E-state index in [1.807, 2.05) is 6.08 Å². The van der Waals surface area contributed by atoms with Gasteiger partial charge < -0.3 is 4.23 Å². The Hall–Kier alpha value is -0.646. The van der Waals surface area contributed by atoms with Crippen LogP contribution in [0.5, 0.6) is 0 Å². The van der Waals surface area contributed by atoms with E-state index in [1.165, 1.54) is 11.1 Å². The summed E-state index contributed by atoms with van der Waals surface area (Å²) in [4.78, 5) is 0. The zero-order chi connectivity index (χ0) is 19.0. The van der Waals surface area contributed by atoms with Crippen LogP contribution in [0.15, 0.2) is 30.8 Å². The van der Waals surface area contributed by atoms with Crippen molar-refractivity contribution in [1.29, 1.82) is 0 Å². The molecule has 0 spiro atoms. The van der Waals surface area contributed by atoms with E-state index in [1.54, 1.807) is 0 Å². The second kappa shape index (κ2) is 6.93. The van der Waals surface area contributed by atoms with Crippen molar-refractivity contribution < 1.29 is 0 Å². The van der Waals surface area contributed by atoms with Gasteiger partial charge in [-0.1, -0.05) is 105 Å². The average molecular weight is 362 g/mol. The van der Waals surface area contributed by atoms with Crippen molar-refractivity contribution in [2.24, 2.45) is 0 Å². The fraction of sp³-hybridized carbons (Fsp3) is 0.619. The summed E-state index contributed by atoms with van der Waals surface area (Å²) >= 11 is 0. The van der Waals surface area contributed by atoms with Gasteiger partial charge in [0.25, 0.3) is 0 Å². The predicted molar refractivity (Wildman–Crippen MR) is 116 cm³/mol. The highest BCUT2D eigenvalue weighted by Gasteiger charge is 2.55. The quantitative estimate of drug-likeness (QED) is 0.504. The summed E-state index contributed by atoms with van der Waals surface area (Å²) in [7, 11) is -3.27. The third-order valence-electron chi connectivity index (χ3n) is 5.87. The van der Waals surface area contributed by atoms with Crippen LogP contribution < -0.4 is 0 Å². The molecule has 0 amide bonds. The van der Waals surface area contributed by atoms with Crippen molar-refractivity contribution in [3.8, 4) is 0 Å². The van der Waals surface area contributed by atoms with E-state index in [9.17, 15) is 0 Å². The molecule has 0 aliphatic carbocycles. The number of benzene rings is 1. The van der Waals surface area contributed by atoms with Gasteiger partial charge in [0, 0.05) is 6.54 Å². The Morgan fingerprint density at radius 2 is 1.38 bits per heavy atom. The normalized spacial score (nSPS) is 14.1. The van der Waals surface area contributed by atoms with Gasteiger partial charge in [-0.3, -0.25) is 0 Å². The van der Waals surface area contributed by atoms with Crippen molar-refractivity contribution in [3.05, 3.63) is 42.0 Å². The lowest BCUT2D eigenvalue weighted by molar-refractivity contribution is 0.482. The molecule has 0 aliphatic rings. The minimum atomic E-state index is -1.78. The molecule has 0 bridgehead atoms. The van der Waals surface area contributed by atoms with E-state index in [0.717, 1.165) is 6.54 Å². The third kappa shape index (κ3) is 4.12. The summed E-state index contributed by atoms with van der Waals surface area (Å²) in [6.07, 6.45) is 2.00. The monoisotopic (exact) mass is 361 g/mol. The van der Waals surface area contributed by atoms with E-state index in [2.05, 4.69) is 103 Å². The van der Waals surface area contributed by atoms with Crippen LogP contribution in [0.4, 0.5) is 0 Å². The average Bonchev–Trinajstić information content (AvgIpc) is 2.40. The molecule has 0 unspecified atom stereocenters. The second-order valence-corrected chi connectivity index (χ2v) is 21.2. The number of hydrogen-bond donors (Lipinski definition) is 0. The summed E-state index contributed by atoms with van der Waals surface area (Å²) in [6, 6.07) is 8.75. The lowest BCUT2D eigenvalue weighted by atomic mass is 10.1. The Balaban J connectivity index is 3.54. The first kappa shape index (κ1) is 21.4. The molecule has 0 saturated heterocycles. The lowest BCUT2D eigenvalue weighted by Crippen LogP contribution is -2.69. The molecule has 0 radical (unpaired) electrons. The van der Waals surface area contributed by atoms with Crippen molar-refractivity contribution in [3.63, 3.8) is 0 Å². The lowest BCUT2D eigenvalue weighted by Gasteiger charge is -2.60. The summed E-state index contributed by atoms with van der Waals surface area (Å²) in [6.45, 7) is 29.9. The van der Waals surface area contributed by atoms with Gasteiger partial charge in [0.05, 0.1) is 0 Å². The van der Waals surface area contributed by atoms with Crippen LogP contribution in [-0.2, 0) is 6.54 Å². The Labute approximate surface area is 153 Å². The molecule has 0 N–H and O–H groups in total. The standard InChI is InChI=1S/C21H39NSi2/c1-12-18-15-13-14-16-19(18)17-22(23(8,9)10)24(11,20(2,3)4)21(5,6)7/h12-16H,1,17H2,2-11H3. The topological polar surface area (TPSA) is 3.24 Å². The molecule has 0 atom stereocenters. The predicted octanol–water partition coefficient (Wildman–Crippen LogP) is 7.14. The summed E-state index contributed by atoms with van der Waals surface area (Å²) in [5, 5.41) is 0.628. The van der Waals surface area contributed by atoms with E-state index in [4.69, 9.17) is 0 Å². The molecule has 1 nitrogen and oxygen atoms in total. The van der Waals surface area contributed by atoms with Crippen molar-refractivity contribution in [1.82, 2.24) is 4.23 Å². The van der Waals surface area contributed by atoms with Gasteiger partial charge in [-0.2, -0.15) is 0 Å². The highest BCUT2D eigenvalue weighted by molar-refractivity contribution is 6.93. The molecule has 1 rings (SSSR count). The summed E-state index contributed by atoms with van der Waals surface area (Å²) in [5.74, 6) is 0. The largest absolute Gasteiger partial charge is 0.341 e. The first-order valence-electron chi connectivity index (χ1n) is 9.14. The Kier molecular flexibility index (Phi) is 6.18. The van der Waals surface area contributed by atoms with Crippen LogP contribution in [0.2, 0.25) is 36.3 Å². The van der Waals surface area contributed by atoms with Crippen molar-refractivity contribution in [2.45, 2.75) is 84.4 Å². The van der Waals surface area contributed by atoms with Gasteiger partial charge in [0.1, 0.15) is 16.5 Å². The van der Waals surface area contributed by atoms with Crippen LogP contribution in [0, 0.1) is 0 Å². The first-order chi connectivity index (χ1) is 10.7. The second-order valence-electron chi connectivity index (χ2n) is 10.2. The number of rotatable bonds is 5. The molecular weight excluding hydrogens is 322 g/mol. The molecule has 0 fully saturated rings. The molecule has 0 saturated carbocycles. The molecule has 0 aliphatic heterocycles. The van der Waals surface area contributed by atoms with E-state index in [0.29, 0.717) is 10.1 Å². The highest BCUT2D eigenvalue weighted by atomic mass is 28.4. The van der Waals surface area contributed by atoms with Gasteiger partial charge in [0.15, 0.2) is 0 Å². The molecule has 0 aromatic heterocycles. The maximum atomic E-state index is 4.02. The van der Waals surface area contributed by atoms with Crippen molar-refractivity contribution >= 4 is 22.5 Å². The van der Waals surface area contributed by atoms with Gasteiger partial charge >= 0.3 is 0 Å². The minimum absolute atomic E-state index is 0.314. The van der Waals surface area contributed by atoms with E-state index in [-0.39, 0.29) is 0 Å². The molecule has 0 heterocycles. The maximum Gasteiger partial charge on any atom is 0.129 e. The van der Waals surface area contributed by atoms with Crippen molar-refractivity contribution in [2.75, 3.05) is 0 Å². The summed E-state index contributed by atoms with van der Waals surface area (Å²) < 4.78 is 2.97. The van der Waals surface area contributed by atoms with Crippen LogP contribution >= 0.6 is 0 Å². The minimum Gasteiger partial charge on any atom is -0.341 e. The maximum absolute atomic E-state index is 4.02. The number of hydrogen-bond acceptors (Lipinski definition) is 1. The molecule has 1 aromatic rings.